The van der Waals surface area contributed by atoms with E-state index in [0.29, 0.717) is 5.41 Å². The smallest absolute Gasteiger partial charge is 0.0594 e. The van der Waals surface area contributed by atoms with E-state index in [1.807, 2.05) is 0 Å². The molecule has 0 aromatic rings. The van der Waals surface area contributed by atoms with Crippen LogP contribution >= 0.6 is 0 Å². The van der Waals surface area contributed by atoms with E-state index in [1.54, 1.807) is 5.57 Å². The summed E-state index contributed by atoms with van der Waals surface area (Å²) in [6.45, 7) is 16.2. The monoisotopic (exact) mass is 355 g/mol. The predicted molar refractivity (Wildman–Crippen MR) is 113 cm³/mol. The third-order valence-corrected chi connectivity index (χ3v) is 5.55. The molecule has 26 heavy (non-hydrogen) atoms. The first-order valence-electron chi connectivity index (χ1n) is 10.1. The third kappa shape index (κ3) is 6.74. The Bertz CT molecular complexity index is 610. The zero-order valence-electron chi connectivity index (χ0n) is 17.5. The maximum Gasteiger partial charge on any atom is 0.0594 e. The molecular weight excluding hydrogens is 318 g/mol. The fourth-order valence-corrected chi connectivity index (χ4v) is 3.76. The van der Waals surface area contributed by atoms with Gasteiger partial charge in [0.05, 0.1) is 13.2 Å². The van der Waals surface area contributed by atoms with E-state index in [2.05, 4.69) is 76.0 Å². The lowest BCUT2D eigenvalue weighted by molar-refractivity contribution is 0.0434. The second-order valence-electron chi connectivity index (χ2n) is 8.40. The Kier molecular flexibility index (Phi) is 8.12. The zero-order chi connectivity index (χ0) is 19.0. The van der Waals surface area contributed by atoms with Gasteiger partial charge < -0.3 is 4.74 Å². The highest BCUT2D eigenvalue weighted by molar-refractivity contribution is 5.37. The lowest BCUT2D eigenvalue weighted by Crippen LogP contribution is -2.36. The van der Waals surface area contributed by atoms with Crippen LogP contribution in [0.15, 0.2) is 58.7 Å². The summed E-state index contributed by atoms with van der Waals surface area (Å²) in [6.07, 6.45) is 17.3. The molecule has 0 radical (unpaired) electrons. The zero-order valence-corrected chi connectivity index (χ0v) is 17.5. The Morgan fingerprint density at radius 1 is 1.12 bits per heavy atom. The second kappa shape index (κ2) is 10.1. The first-order valence-corrected chi connectivity index (χ1v) is 10.1. The molecule has 0 bridgehead atoms. The van der Waals surface area contributed by atoms with Crippen LogP contribution in [0.4, 0.5) is 0 Å². The fraction of sp³-hybridized carbons (Fsp3) is 0.583. The largest absolute Gasteiger partial charge is 0.379 e. The molecule has 1 aliphatic heterocycles. The topological polar surface area (TPSA) is 12.5 Å². The van der Waals surface area contributed by atoms with E-state index in [4.69, 9.17) is 4.74 Å². The van der Waals surface area contributed by atoms with Crippen LogP contribution in [-0.4, -0.2) is 37.7 Å². The van der Waals surface area contributed by atoms with Crippen LogP contribution in [0.25, 0.3) is 0 Å². The average Bonchev–Trinajstić information content (AvgIpc) is 2.60. The van der Waals surface area contributed by atoms with E-state index < -0.39 is 0 Å². The molecule has 144 valence electrons. The van der Waals surface area contributed by atoms with Crippen LogP contribution in [0.3, 0.4) is 0 Å². The van der Waals surface area contributed by atoms with Crippen molar-refractivity contribution < 1.29 is 4.74 Å². The molecule has 0 N–H and O–H groups in total. The first kappa shape index (κ1) is 20.9. The van der Waals surface area contributed by atoms with Gasteiger partial charge in [-0.2, -0.15) is 0 Å². The Morgan fingerprint density at radius 3 is 2.54 bits per heavy atom. The summed E-state index contributed by atoms with van der Waals surface area (Å²) in [5.41, 5.74) is 6.01. The van der Waals surface area contributed by atoms with E-state index >= 15 is 0 Å². The van der Waals surface area contributed by atoms with Crippen molar-refractivity contribution in [1.82, 2.24) is 4.90 Å². The second-order valence-corrected chi connectivity index (χ2v) is 8.40. The molecule has 1 aliphatic carbocycles. The van der Waals surface area contributed by atoms with Crippen LogP contribution in [0, 0.1) is 5.41 Å². The van der Waals surface area contributed by atoms with Gasteiger partial charge in [-0.25, -0.2) is 0 Å². The van der Waals surface area contributed by atoms with Crippen molar-refractivity contribution in [3.05, 3.63) is 58.7 Å². The molecule has 1 heterocycles. The average molecular weight is 356 g/mol. The molecule has 0 unspecified atom stereocenters. The lowest BCUT2D eigenvalue weighted by Gasteiger charge is -2.32. The van der Waals surface area contributed by atoms with Crippen molar-refractivity contribution in [2.24, 2.45) is 5.41 Å². The molecule has 0 amide bonds. The maximum absolute atomic E-state index is 5.39. The molecule has 1 fully saturated rings. The van der Waals surface area contributed by atoms with E-state index in [1.165, 1.54) is 36.0 Å². The van der Waals surface area contributed by atoms with Crippen molar-refractivity contribution in [2.45, 2.75) is 53.9 Å². The SMILES string of the molecule is CC(C=CC1=C(C)CCCC1(C)C)=CC=CC(C)=CCN1CCOCC1. The third-order valence-electron chi connectivity index (χ3n) is 5.55. The minimum Gasteiger partial charge on any atom is -0.379 e. The van der Waals surface area contributed by atoms with Crippen LogP contribution in [0.2, 0.25) is 0 Å². The molecule has 2 nitrogen and oxygen atoms in total. The highest BCUT2D eigenvalue weighted by Crippen LogP contribution is 2.40. The molecule has 0 saturated carbocycles. The molecular formula is C24H37NO. The highest BCUT2D eigenvalue weighted by Gasteiger charge is 2.26. The Morgan fingerprint density at radius 2 is 1.85 bits per heavy atom. The van der Waals surface area contributed by atoms with Crippen LogP contribution < -0.4 is 0 Å². The number of ether oxygens (including phenoxy) is 1. The van der Waals surface area contributed by atoms with Gasteiger partial charge in [0.1, 0.15) is 0 Å². The highest BCUT2D eigenvalue weighted by atomic mass is 16.5. The molecule has 0 aromatic carbocycles. The van der Waals surface area contributed by atoms with Crippen molar-refractivity contribution >= 4 is 0 Å². The minimum absolute atomic E-state index is 0.313. The van der Waals surface area contributed by atoms with Crippen molar-refractivity contribution in [3.63, 3.8) is 0 Å². The standard InChI is InChI=1S/C24H37NO/c1-20(11-12-23-22(3)10-7-14-24(23,4)5)8-6-9-21(2)13-15-25-16-18-26-19-17-25/h6,8-9,11-13H,7,10,14-19H2,1-5H3. The first-order chi connectivity index (χ1) is 12.4. The Balaban J connectivity index is 1.89. The Labute approximate surface area is 161 Å². The van der Waals surface area contributed by atoms with Gasteiger partial charge in [0.15, 0.2) is 0 Å². The molecule has 0 atom stereocenters. The number of hydrogen-bond acceptors (Lipinski definition) is 2. The normalized spacial score (nSPS) is 23.4. The molecule has 2 aliphatic rings. The maximum atomic E-state index is 5.39. The fourth-order valence-electron chi connectivity index (χ4n) is 3.76. The van der Waals surface area contributed by atoms with E-state index in [-0.39, 0.29) is 0 Å². The summed E-state index contributed by atoms with van der Waals surface area (Å²) in [7, 11) is 0. The minimum atomic E-state index is 0.313. The summed E-state index contributed by atoms with van der Waals surface area (Å²) in [5.74, 6) is 0. The van der Waals surface area contributed by atoms with Crippen molar-refractivity contribution in [1.29, 1.82) is 0 Å². The predicted octanol–water partition coefficient (Wildman–Crippen LogP) is 5.85. The van der Waals surface area contributed by atoms with Gasteiger partial charge in [-0.3, -0.25) is 4.90 Å². The molecule has 2 heteroatoms. The van der Waals surface area contributed by atoms with E-state index in [9.17, 15) is 0 Å². The number of rotatable bonds is 6. The van der Waals surface area contributed by atoms with E-state index in [0.717, 1.165) is 32.8 Å². The lowest BCUT2D eigenvalue weighted by atomic mass is 9.72. The number of hydrogen-bond donors (Lipinski definition) is 0. The molecule has 2 rings (SSSR count). The van der Waals surface area contributed by atoms with Gasteiger partial charge in [0.25, 0.3) is 0 Å². The van der Waals surface area contributed by atoms with Crippen molar-refractivity contribution in [3.8, 4) is 0 Å². The van der Waals surface area contributed by atoms with Gasteiger partial charge in [0.2, 0.25) is 0 Å². The summed E-state index contributed by atoms with van der Waals surface area (Å²) in [4.78, 5) is 2.44. The van der Waals surface area contributed by atoms with Gasteiger partial charge in [-0.15, -0.1) is 0 Å². The van der Waals surface area contributed by atoms with Crippen LogP contribution in [0.1, 0.15) is 53.9 Å². The number of nitrogens with zero attached hydrogens (tertiary/aromatic N) is 1. The quantitative estimate of drug-likeness (QED) is 0.554. The number of allylic oxidation sites excluding steroid dienone is 9. The van der Waals surface area contributed by atoms with Gasteiger partial charge in [-0.1, -0.05) is 67.0 Å². The molecule has 0 spiro atoms. The summed E-state index contributed by atoms with van der Waals surface area (Å²) in [6, 6.07) is 0. The van der Waals surface area contributed by atoms with Crippen LogP contribution in [-0.2, 0) is 4.74 Å². The summed E-state index contributed by atoms with van der Waals surface area (Å²) >= 11 is 0. The molecule has 1 saturated heterocycles. The molecule has 0 aromatic heterocycles. The Hall–Kier alpha value is -1.38. The summed E-state index contributed by atoms with van der Waals surface area (Å²) < 4.78 is 5.39. The van der Waals surface area contributed by atoms with Crippen LogP contribution in [0.5, 0.6) is 0 Å². The van der Waals surface area contributed by atoms with Gasteiger partial charge in [-0.05, 0) is 51.0 Å². The van der Waals surface area contributed by atoms with Gasteiger partial charge >= 0.3 is 0 Å². The summed E-state index contributed by atoms with van der Waals surface area (Å²) in [5, 5.41) is 0. The number of morpholine rings is 1. The van der Waals surface area contributed by atoms with Crippen molar-refractivity contribution in [2.75, 3.05) is 32.8 Å². The van der Waals surface area contributed by atoms with Gasteiger partial charge in [0, 0.05) is 19.6 Å².